The van der Waals surface area contributed by atoms with E-state index < -0.39 is 15.9 Å². The first-order valence-corrected chi connectivity index (χ1v) is 9.83. The highest BCUT2D eigenvalue weighted by molar-refractivity contribution is 7.90. The highest BCUT2D eigenvalue weighted by atomic mass is 35.5. The number of methoxy groups -OCH3 is 1. The summed E-state index contributed by atoms with van der Waals surface area (Å²) in [5.41, 5.74) is 1.16. The number of carbonyl (C=O) groups excluding carboxylic acids is 2. The van der Waals surface area contributed by atoms with Crippen LogP contribution < -0.4 is 14.8 Å². The molecule has 7 nitrogen and oxygen atoms in total. The van der Waals surface area contributed by atoms with Gasteiger partial charge in [-0.05, 0) is 42.3 Å². The van der Waals surface area contributed by atoms with Crippen LogP contribution in [0.4, 0.5) is 0 Å². The molecule has 0 aliphatic rings. The Morgan fingerprint density at radius 3 is 2.37 bits per heavy atom. The third-order valence-electron chi connectivity index (χ3n) is 3.62. The Bertz CT molecular complexity index is 943. The maximum Gasteiger partial charge on any atom is 0.264 e. The fourth-order valence-corrected chi connectivity index (χ4v) is 3.52. The van der Waals surface area contributed by atoms with Crippen molar-refractivity contribution in [2.45, 2.75) is 18.2 Å². The maximum absolute atomic E-state index is 12.3. The Kier molecular flexibility index (Phi) is 6.81. The molecule has 2 aromatic carbocycles. The van der Waals surface area contributed by atoms with Crippen LogP contribution in [0.15, 0.2) is 47.4 Å². The van der Waals surface area contributed by atoms with E-state index in [0.29, 0.717) is 29.3 Å². The Labute approximate surface area is 162 Å². The molecule has 0 heterocycles. The molecule has 0 aromatic heterocycles. The summed E-state index contributed by atoms with van der Waals surface area (Å²) in [5, 5.41) is 3.20. The minimum atomic E-state index is -3.85. The molecule has 0 atom stereocenters. The average molecular weight is 411 g/mol. The van der Waals surface area contributed by atoms with Crippen molar-refractivity contribution in [3.8, 4) is 5.75 Å². The van der Waals surface area contributed by atoms with Crippen LogP contribution in [0.3, 0.4) is 0 Å². The van der Waals surface area contributed by atoms with Gasteiger partial charge in [-0.2, -0.15) is 0 Å². The topological polar surface area (TPSA) is 102 Å². The lowest BCUT2D eigenvalue weighted by Gasteiger charge is -2.10. The first-order valence-electron chi connectivity index (χ1n) is 7.97. The number of hydrogen-bond donors (Lipinski definition) is 2. The van der Waals surface area contributed by atoms with E-state index >= 15 is 0 Å². The smallest absolute Gasteiger partial charge is 0.264 e. The molecule has 2 N–H and O–H groups in total. The van der Waals surface area contributed by atoms with Crippen LogP contribution in [0.2, 0.25) is 5.02 Å². The third kappa shape index (κ3) is 5.70. The van der Waals surface area contributed by atoms with Crippen molar-refractivity contribution in [1.29, 1.82) is 0 Å². The highest BCUT2D eigenvalue weighted by Crippen LogP contribution is 2.22. The van der Waals surface area contributed by atoms with E-state index in [1.54, 1.807) is 24.3 Å². The van der Waals surface area contributed by atoms with Crippen molar-refractivity contribution in [2.24, 2.45) is 0 Å². The van der Waals surface area contributed by atoms with Crippen molar-refractivity contribution in [1.82, 2.24) is 10.0 Å². The number of halogens is 1. The van der Waals surface area contributed by atoms with Crippen molar-refractivity contribution in [2.75, 3.05) is 13.7 Å². The van der Waals surface area contributed by atoms with Crippen molar-refractivity contribution < 1.29 is 22.7 Å². The molecular weight excluding hydrogens is 392 g/mol. The predicted octanol–water partition coefficient (Wildman–Crippen LogP) is 2.15. The lowest BCUT2D eigenvalue weighted by atomic mass is 10.1. The molecule has 0 fully saturated rings. The van der Waals surface area contributed by atoms with Crippen molar-refractivity contribution in [3.05, 3.63) is 58.6 Å². The Hall–Kier alpha value is -2.58. The number of benzene rings is 2. The summed E-state index contributed by atoms with van der Waals surface area (Å²) in [6.45, 7) is 1.47. The zero-order chi connectivity index (χ0) is 20.0. The molecule has 0 bridgehead atoms. The van der Waals surface area contributed by atoms with Gasteiger partial charge in [-0.15, -0.1) is 0 Å². The molecule has 0 unspecified atom stereocenters. The lowest BCUT2D eigenvalue weighted by molar-refractivity contribution is -0.117. The van der Waals surface area contributed by atoms with Crippen LogP contribution >= 0.6 is 11.6 Å². The lowest BCUT2D eigenvalue weighted by Crippen LogP contribution is -2.28. The molecule has 0 spiro atoms. The van der Waals surface area contributed by atoms with E-state index in [0.717, 1.165) is 12.5 Å². The van der Waals surface area contributed by atoms with Crippen molar-refractivity contribution >= 4 is 33.4 Å². The van der Waals surface area contributed by atoms with Gasteiger partial charge in [0.15, 0.2) is 0 Å². The molecule has 0 saturated heterocycles. The van der Waals surface area contributed by atoms with E-state index in [1.807, 2.05) is 4.72 Å². The standard InChI is InChI=1S/C18H19ClN2O5S/c1-12(22)21-27(24,25)15-6-3-13(4-7-15)9-10-20-18(23)16-11-14(19)5-8-17(16)26-2/h3-8,11H,9-10H2,1-2H3,(H,20,23)(H,21,22). The average Bonchev–Trinajstić information content (AvgIpc) is 2.61. The Morgan fingerprint density at radius 2 is 1.78 bits per heavy atom. The zero-order valence-electron chi connectivity index (χ0n) is 14.8. The molecule has 0 saturated carbocycles. The van der Waals surface area contributed by atoms with Crippen LogP contribution in [0, 0.1) is 0 Å². The number of nitrogens with one attached hydrogen (secondary N) is 2. The molecule has 144 valence electrons. The number of rotatable bonds is 7. The molecule has 2 aromatic rings. The van der Waals surface area contributed by atoms with Gasteiger partial charge >= 0.3 is 0 Å². The number of amides is 2. The van der Waals surface area contributed by atoms with Crippen LogP contribution in [0.25, 0.3) is 0 Å². The van der Waals surface area contributed by atoms with Gasteiger partial charge in [0.1, 0.15) is 5.75 Å². The molecule has 0 aliphatic heterocycles. The first kappa shape index (κ1) is 20.7. The van der Waals surface area contributed by atoms with Gasteiger partial charge in [-0.3, -0.25) is 9.59 Å². The molecule has 2 rings (SSSR count). The summed E-state index contributed by atoms with van der Waals surface area (Å²) < 4.78 is 30.8. The van der Waals surface area contributed by atoms with Gasteiger partial charge < -0.3 is 10.1 Å². The second-order valence-electron chi connectivity index (χ2n) is 5.66. The Morgan fingerprint density at radius 1 is 1.11 bits per heavy atom. The highest BCUT2D eigenvalue weighted by Gasteiger charge is 2.15. The van der Waals surface area contributed by atoms with Gasteiger partial charge in [0.2, 0.25) is 5.91 Å². The molecule has 0 radical (unpaired) electrons. The largest absolute Gasteiger partial charge is 0.496 e. The summed E-state index contributed by atoms with van der Waals surface area (Å²) in [6, 6.07) is 10.8. The molecule has 27 heavy (non-hydrogen) atoms. The summed E-state index contributed by atoms with van der Waals surface area (Å²) in [4.78, 5) is 23.2. The van der Waals surface area contributed by atoms with Crippen LogP contribution in [0.1, 0.15) is 22.8 Å². The summed E-state index contributed by atoms with van der Waals surface area (Å²) in [7, 11) is -2.38. The van der Waals surface area contributed by atoms with Gasteiger partial charge in [0, 0.05) is 18.5 Å². The second-order valence-corrected chi connectivity index (χ2v) is 7.77. The van der Waals surface area contributed by atoms with Crippen LogP contribution in [-0.4, -0.2) is 33.9 Å². The Balaban J connectivity index is 1.97. The summed E-state index contributed by atoms with van der Waals surface area (Å²) in [5.74, 6) is -0.554. The molecular formula is C18H19ClN2O5S. The van der Waals surface area contributed by atoms with E-state index in [9.17, 15) is 18.0 Å². The third-order valence-corrected chi connectivity index (χ3v) is 5.30. The van der Waals surface area contributed by atoms with Crippen LogP contribution in [0.5, 0.6) is 5.75 Å². The molecule has 9 heteroatoms. The fourth-order valence-electron chi connectivity index (χ4n) is 2.36. The number of sulfonamides is 1. The maximum atomic E-state index is 12.3. The first-order chi connectivity index (χ1) is 12.7. The van der Waals surface area contributed by atoms with E-state index in [-0.39, 0.29) is 10.8 Å². The van der Waals surface area contributed by atoms with Gasteiger partial charge in [-0.25, -0.2) is 13.1 Å². The van der Waals surface area contributed by atoms with Crippen molar-refractivity contribution in [3.63, 3.8) is 0 Å². The zero-order valence-corrected chi connectivity index (χ0v) is 16.4. The van der Waals surface area contributed by atoms with Gasteiger partial charge in [0.25, 0.3) is 15.9 Å². The number of ether oxygens (including phenoxy) is 1. The van der Waals surface area contributed by atoms with E-state index in [2.05, 4.69) is 5.32 Å². The quantitative estimate of drug-likeness (QED) is 0.728. The normalized spacial score (nSPS) is 10.9. The fraction of sp³-hybridized carbons (Fsp3) is 0.222. The SMILES string of the molecule is COc1ccc(Cl)cc1C(=O)NCCc1ccc(S(=O)(=O)NC(C)=O)cc1. The number of carbonyl (C=O) groups is 2. The monoisotopic (exact) mass is 410 g/mol. The predicted molar refractivity (Wildman–Crippen MR) is 101 cm³/mol. The number of hydrogen-bond acceptors (Lipinski definition) is 5. The minimum Gasteiger partial charge on any atom is -0.496 e. The molecule has 2 amide bonds. The van der Waals surface area contributed by atoms with Gasteiger partial charge in [-0.1, -0.05) is 23.7 Å². The van der Waals surface area contributed by atoms with E-state index in [1.165, 1.54) is 25.3 Å². The molecule has 0 aliphatic carbocycles. The second kappa shape index (κ2) is 8.88. The van der Waals surface area contributed by atoms with Crippen LogP contribution in [-0.2, 0) is 21.2 Å². The summed E-state index contributed by atoms with van der Waals surface area (Å²) >= 11 is 5.92. The summed E-state index contributed by atoms with van der Waals surface area (Å²) in [6.07, 6.45) is 0.495. The van der Waals surface area contributed by atoms with Gasteiger partial charge in [0.05, 0.1) is 17.6 Å². The minimum absolute atomic E-state index is 0.00542. The van der Waals surface area contributed by atoms with E-state index in [4.69, 9.17) is 16.3 Å².